The maximum Gasteiger partial charge on any atom is 0.268 e. The van der Waals surface area contributed by atoms with Crippen molar-refractivity contribution >= 4 is 5.91 Å². The minimum Gasteiger partial charge on any atom is -0.475 e. The summed E-state index contributed by atoms with van der Waals surface area (Å²) in [6, 6.07) is 7.45. The molecule has 0 saturated carbocycles. The van der Waals surface area contributed by atoms with Crippen LogP contribution in [0.25, 0.3) is 22.6 Å². The molecule has 0 fully saturated rings. The van der Waals surface area contributed by atoms with Crippen molar-refractivity contribution in [3.63, 3.8) is 0 Å². The molecule has 1 aromatic carbocycles. The van der Waals surface area contributed by atoms with Gasteiger partial charge in [0.25, 0.3) is 5.91 Å². The average molecular weight is 351 g/mol. The molecule has 26 heavy (non-hydrogen) atoms. The van der Waals surface area contributed by atoms with E-state index in [2.05, 4.69) is 19.9 Å². The number of aromatic nitrogens is 4. The predicted octanol–water partition coefficient (Wildman–Crippen LogP) is 1.38. The largest absolute Gasteiger partial charge is 0.475 e. The second-order valence-electron chi connectivity index (χ2n) is 5.47. The lowest BCUT2D eigenvalue weighted by molar-refractivity contribution is 0.0995. The summed E-state index contributed by atoms with van der Waals surface area (Å²) in [5, 5.41) is 9.11. The molecular formula is C18H17N5O3. The molecule has 2 aromatic heterocycles. The number of carbonyl (C=O) groups is 1. The number of ether oxygens (including phenoxy) is 1. The Kier molecular flexibility index (Phi) is 5.14. The van der Waals surface area contributed by atoms with Crippen molar-refractivity contribution in [2.75, 3.05) is 13.2 Å². The first-order chi connectivity index (χ1) is 12.6. The lowest BCUT2D eigenvalue weighted by atomic mass is 10.0. The van der Waals surface area contributed by atoms with E-state index in [-0.39, 0.29) is 30.6 Å². The van der Waals surface area contributed by atoms with Gasteiger partial charge in [0, 0.05) is 12.4 Å². The Hall–Kier alpha value is -3.39. The van der Waals surface area contributed by atoms with Crippen molar-refractivity contribution in [3.05, 3.63) is 54.1 Å². The fourth-order valence-corrected chi connectivity index (χ4v) is 2.37. The Labute approximate surface area is 149 Å². The summed E-state index contributed by atoms with van der Waals surface area (Å²) >= 11 is 0. The Bertz CT molecular complexity index is 914. The van der Waals surface area contributed by atoms with E-state index in [4.69, 9.17) is 15.6 Å². The highest BCUT2D eigenvalue weighted by atomic mass is 16.5. The lowest BCUT2D eigenvalue weighted by Crippen LogP contribution is -2.18. The van der Waals surface area contributed by atoms with Crippen molar-refractivity contribution in [1.29, 1.82) is 0 Å². The smallest absolute Gasteiger partial charge is 0.268 e. The van der Waals surface area contributed by atoms with Crippen LogP contribution in [0.2, 0.25) is 0 Å². The molecule has 3 rings (SSSR count). The van der Waals surface area contributed by atoms with E-state index in [1.807, 2.05) is 31.2 Å². The Morgan fingerprint density at radius 2 is 1.96 bits per heavy atom. The van der Waals surface area contributed by atoms with Crippen LogP contribution in [0.4, 0.5) is 0 Å². The summed E-state index contributed by atoms with van der Waals surface area (Å²) < 4.78 is 5.57. The molecule has 0 radical (unpaired) electrons. The van der Waals surface area contributed by atoms with Gasteiger partial charge >= 0.3 is 0 Å². The first kappa shape index (κ1) is 17.4. The maximum atomic E-state index is 12.1. The fraction of sp³-hybridized carbons (Fsp3) is 0.167. The number of amides is 1. The molecular weight excluding hydrogens is 334 g/mol. The van der Waals surface area contributed by atoms with E-state index in [0.29, 0.717) is 16.8 Å². The molecule has 0 aliphatic heterocycles. The van der Waals surface area contributed by atoms with Gasteiger partial charge in [0.15, 0.2) is 5.82 Å². The van der Waals surface area contributed by atoms with Gasteiger partial charge in [0.05, 0.1) is 18.4 Å². The zero-order valence-corrected chi connectivity index (χ0v) is 14.1. The van der Waals surface area contributed by atoms with Gasteiger partial charge in [-0.25, -0.2) is 9.97 Å². The molecule has 8 nitrogen and oxygen atoms in total. The highest BCUT2D eigenvalue weighted by Crippen LogP contribution is 2.33. The second-order valence-corrected chi connectivity index (χ2v) is 5.47. The number of aliphatic hydroxyl groups excluding tert-OH is 1. The first-order valence-electron chi connectivity index (χ1n) is 7.89. The van der Waals surface area contributed by atoms with Crippen LogP contribution in [0.1, 0.15) is 16.1 Å². The summed E-state index contributed by atoms with van der Waals surface area (Å²) in [5.74, 6) is -0.412. The monoisotopic (exact) mass is 351 g/mol. The van der Waals surface area contributed by atoms with Crippen molar-refractivity contribution in [2.24, 2.45) is 5.73 Å². The maximum absolute atomic E-state index is 12.1. The number of hydrogen-bond donors (Lipinski definition) is 2. The number of carbonyl (C=O) groups excluding carboxylic acids is 1. The fourth-order valence-electron chi connectivity index (χ4n) is 2.37. The number of hydrogen-bond acceptors (Lipinski definition) is 7. The molecule has 0 aliphatic carbocycles. The Morgan fingerprint density at radius 1 is 1.19 bits per heavy atom. The summed E-state index contributed by atoms with van der Waals surface area (Å²) in [4.78, 5) is 28.8. The van der Waals surface area contributed by atoms with Crippen LogP contribution in [0, 0.1) is 6.92 Å². The van der Waals surface area contributed by atoms with E-state index in [1.54, 1.807) is 0 Å². The molecule has 0 aliphatic rings. The molecule has 132 valence electrons. The van der Waals surface area contributed by atoms with Gasteiger partial charge in [0.1, 0.15) is 18.0 Å². The number of nitrogens with zero attached hydrogens (tertiary/aromatic N) is 4. The molecule has 0 atom stereocenters. The number of rotatable bonds is 6. The van der Waals surface area contributed by atoms with Crippen molar-refractivity contribution in [1.82, 2.24) is 19.9 Å². The number of aliphatic hydroxyl groups is 1. The van der Waals surface area contributed by atoms with Gasteiger partial charge in [-0.15, -0.1) is 0 Å². The number of nitrogens with two attached hydrogens (primary N) is 1. The van der Waals surface area contributed by atoms with Crippen molar-refractivity contribution in [2.45, 2.75) is 6.92 Å². The highest BCUT2D eigenvalue weighted by Gasteiger charge is 2.22. The van der Waals surface area contributed by atoms with Crippen LogP contribution in [-0.2, 0) is 0 Å². The highest BCUT2D eigenvalue weighted by molar-refractivity contribution is 5.99. The molecule has 3 N–H and O–H groups in total. The standard InChI is InChI=1S/C18H17N5O3/c1-11-2-4-12(5-3-11)14-15(16(19)25)22-17(13-10-20-6-7-21-13)23-18(14)26-9-8-24/h2-7,10,24H,8-9H2,1H3,(H2,19,25). The van der Waals surface area contributed by atoms with Gasteiger partial charge in [-0.05, 0) is 12.5 Å². The minimum atomic E-state index is -0.720. The zero-order chi connectivity index (χ0) is 18.5. The Balaban J connectivity index is 2.23. The second kappa shape index (κ2) is 7.66. The van der Waals surface area contributed by atoms with Crippen LogP contribution < -0.4 is 10.5 Å². The van der Waals surface area contributed by atoms with E-state index in [9.17, 15) is 4.79 Å². The third-order valence-electron chi connectivity index (χ3n) is 3.57. The lowest BCUT2D eigenvalue weighted by Gasteiger charge is -2.14. The molecule has 1 amide bonds. The Morgan fingerprint density at radius 3 is 2.58 bits per heavy atom. The number of benzene rings is 1. The quantitative estimate of drug-likeness (QED) is 0.687. The molecule has 0 unspecified atom stereocenters. The third-order valence-corrected chi connectivity index (χ3v) is 3.57. The molecule has 8 heteroatoms. The first-order valence-corrected chi connectivity index (χ1v) is 7.89. The molecule has 3 aromatic rings. The summed E-state index contributed by atoms with van der Waals surface area (Å²) in [5.41, 5.74) is 8.06. The zero-order valence-electron chi connectivity index (χ0n) is 14.1. The van der Waals surface area contributed by atoms with Crippen LogP contribution in [0.3, 0.4) is 0 Å². The average Bonchev–Trinajstić information content (AvgIpc) is 2.67. The van der Waals surface area contributed by atoms with Crippen molar-refractivity contribution in [3.8, 4) is 28.5 Å². The van der Waals surface area contributed by atoms with Crippen LogP contribution in [0.15, 0.2) is 42.9 Å². The van der Waals surface area contributed by atoms with Crippen LogP contribution >= 0.6 is 0 Å². The predicted molar refractivity (Wildman–Crippen MR) is 94.3 cm³/mol. The van der Waals surface area contributed by atoms with Gasteiger partial charge in [-0.2, -0.15) is 4.98 Å². The minimum absolute atomic E-state index is 0.00792. The molecule has 0 saturated heterocycles. The van der Waals surface area contributed by atoms with E-state index in [1.165, 1.54) is 18.6 Å². The SMILES string of the molecule is Cc1ccc(-c2c(OCCO)nc(-c3cnccn3)nc2C(N)=O)cc1. The van der Waals surface area contributed by atoms with Crippen LogP contribution in [0.5, 0.6) is 5.88 Å². The molecule has 0 bridgehead atoms. The van der Waals surface area contributed by atoms with Crippen LogP contribution in [-0.4, -0.2) is 44.2 Å². The summed E-state index contributed by atoms with van der Waals surface area (Å²) in [7, 11) is 0. The topological polar surface area (TPSA) is 124 Å². The van der Waals surface area contributed by atoms with E-state index in [0.717, 1.165) is 5.56 Å². The van der Waals surface area contributed by atoms with Gasteiger partial charge in [-0.3, -0.25) is 9.78 Å². The van der Waals surface area contributed by atoms with Gasteiger partial charge < -0.3 is 15.6 Å². The molecule has 2 heterocycles. The van der Waals surface area contributed by atoms with Gasteiger partial charge in [-0.1, -0.05) is 29.8 Å². The molecule has 0 spiro atoms. The summed E-state index contributed by atoms with van der Waals surface area (Å²) in [6.07, 6.45) is 4.48. The van der Waals surface area contributed by atoms with Gasteiger partial charge in [0.2, 0.25) is 5.88 Å². The summed E-state index contributed by atoms with van der Waals surface area (Å²) in [6.45, 7) is 1.76. The van der Waals surface area contributed by atoms with E-state index < -0.39 is 5.91 Å². The number of primary amides is 1. The van der Waals surface area contributed by atoms with Crippen molar-refractivity contribution < 1.29 is 14.6 Å². The third kappa shape index (κ3) is 3.65. The normalized spacial score (nSPS) is 10.5. The van der Waals surface area contributed by atoms with E-state index >= 15 is 0 Å². The number of aryl methyl sites for hydroxylation is 1.